The maximum atomic E-state index is 12.9. The number of hydrogen-bond acceptors (Lipinski definition) is 4. The van der Waals surface area contributed by atoms with Crippen molar-refractivity contribution >= 4 is 27.3 Å². The van der Waals surface area contributed by atoms with E-state index in [2.05, 4.69) is 0 Å². The summed E-state index contributed by atoms with van der Waals surface area (Å²) in [4.78, 5) is 1.57. The fraction of sp³-hybridized carbons (Fsp3) is 0.333. The SMILES string of the molecule is COc1ccc(Cl)cc1N1CCN(S(=O)(=O)c2cccc(C(F)(F)F)c2)CC1. The van der Waals surface area contributed by atoms with Gasteiger partial charge in [-0.3, -0.25) is 0 Å². The normalized spacial score (nSPS) is 16.2. The van der Waals surface area contributed by atoms with Gasteiger partial charge in [-0.2, -0.15) is 17.5 Å². The van der Waals surface area contributed by atoms with Crippen molar-refractivity contribution in [1.29, 1.82) is 0 Å². The van der Waals surface area contributed by atoms with Gasteiger partial charge >= 0.3 is 6.18 Å². The minimum Gasteiger partial charge on any atom is -0.495 e. The van der Waals surface area contributed by atoms with E-state index in [0.29, 0.717) is 29.9 Å². The monoisotopic (exact) mass is 434 g/mol. The van der Waals surface area contributed by atoms with Gasteiger partial charge in [0.25, 0.3) is 0 Å². The van der Waals surface area contributed by atoms with Crippen molar-refractivity contribution in [2.45, 2.75) is 11.1 Å². The molecular weight excluding hydrogens is 417 g/mol. The van der Waals surface area contributed by atoms with Crippen LogP contribution in [0.15, 0.2) is 47.4 Å². The molecule has 0 aromatic heterocycles. The predicted molar refractivity (Wildman–Crippen MR) is 100 cm³/mol. The summed E-state index contributed by atoms with van der Waals surface area (Å²) in [6, 6.07) is 8.95. The average molecular weight is 435 g/mol. The Bertz CT molecular complexity index is 959. The largest absolute Gasteiger partial charge is 0.495 e. The number of methoxy groups -OCH3 is 1. The van der Waals surface area contributed by atoms with Crippen molar-refractivity contribution in [1.82, 2.24) is 4.31 Å². The molecule has 1 fully saturated rings. The van der Waals surface area contributed by atoms with Crippen molar-refractivity contribution < 1.29 is 26.3 Å². The molecule has 28 heavy (non-hydrogen) atoms. The Kier molecular flexibility index (Phi) is 5.79. The van der Waals surface area contributed by atoms with Gasteiger partial charge in [0.05, 0.1) is 23.3 Å². The Hall–Kier alpha value is -1.97. The quantitative estimate of drug-likeness (QED) is 0.732. The smallest absolute Gasteiger partial charge is 0.416 e. The molecule has 1 aliphatic rings. The summed E-state index contributed by atoms with van der Waals surface area (Å²) in [6.07, 6.45) is -4.60. The van der Waals surface area contributed by atoms with Gasteiger partial charge in [0.15, 0.2) is 0 Å². The molecule has 2 aromatic carbocycles. The third-order valence-electron chi connectivity index (χ3n) is 4.52. The van der Waals surface area contributed by atoms with Gasteiger partial charge in [0.2, 0.25) is 10.0 Å². The van der Waals surface area contributed by atoms with E-state index in [1.165, 1.54) is 17.5 Å². The zero-order valence-electron chi connectivity index (χ0n) is 14.9. The summed E-state index contributed by atoms with van der Waals surface area (Å²) in [7, 11) is -2.50. The molecule has 0 radical (unpaired) electrons. The summed E-state index contributed by atoms with van der Waals surface area (Å²) in [6.45, 7) is 0.978. The summed E-state index contributed by atoms with van der Waals surface area (Å²) < 4.78 is 70.8. The number of ether oxygens (including phenoxy) is 1. The Morgan fingerprint density at radius 3 is 2.32 bits per heavy atom. The standard InChI is InChI=1S/C18H18ClF3N2O3S/c1-27-17-6-5-14(19)12-16(17)23-7-9-24(10-8-23)28(25,26)15-4-2-3-13(11-15)18(20,21)22/h2-6,11-12H,7-10H2,1H3. The van der Waals surface area contributed by atoms with Crippen molar-refractivity contribution in [3.63, 3.8) is 0 Å². The first-order valence-electron chi connectivity index (χ1n) is 8.39. The van der Waals surface area contributed by atoms with Crippen molar-refractivity contribution in [2.75, 3.05) is 38.2 Å². The van der Waals surface area contributed by atoms with Gasteiger partial charge in [0.1, 0.15) is 5.75 Å². The summed E-state index contributed by atoms with van der Waals surface area (Å²) in [5.74, 6) is 0.610. The molecule has 0 N–H and O–H groups in total. The Balaban J connectivity index is 1.79. The molecule has 10 heteroatoms. The molecule has 152 valence electrons. The van der Waals surface area contributed by atoms with Crippen LogP contribution in [0.4, 0.5) is 18.9 Å². The Morgan fingerprint density at radius 2 is 1.71 bits per heavy atom. The number of benzene rings is 2. The van der Waals surface area contributed by atoms with Gasteiger partial charge in [-0.25, -0.2) is 8.42 Å². The molecule has 0 bridgehead atoms. The lowest BCUT2D eigenvalue weighted by Crippen LogP contribution is -2.48. The van der Waals surface area contributed by atoms with Gasteiger partial charge in [-0.1, -0.05) is 17.7 Å². The average Bonchev–Trinajstić information content (AvgIpc) is 2.67. The molecular formula is C18H18ClF3N2O3S. The molecule has 3 rings (SSSR count). The van der Waals surface area contributed by atoms with Crippen LogP contribution < -0.4 is 9.64 Å². The molecule has 0 aliphatic carbocycles. The third kappa shape index (κ3) is 4.21. The van der Waals surface area contributed by atoms with E-state index < -0.39 is 21.8 Å². The van der Waals surface area contributed by atoms with Gasteiger partial charge in [-0.15, -0.1) is 0 Å². The number of halogens is 4. The topological polar surface area (TPSA) is 49.9 Å². The van der Waals surface area contributed by atoms with Crippen LogP contribution in [-0.2, 0) is 16.2 Å². The van der Waals surface area contributed by atoms with Crippen LogP contribution in [0, 0.1) is 0 Å². The van der Waals surface area contributed by atoms with Crippen molar-refractivity contribution in [2.24, 2.45) is 0 Å². The van der Waals surface area contributed by atoms with Crippen LogP contribution in [-0.4, -0.2) is 46.0 Å². The van der Waals surface area contributed by atoms with E-state index in [4.69, 9.17) is 16.3 Å². The molecule has 2 aromatic rings. The van der Waals surface area contributed by atoms with E-state index in [0.717, 1.165) is 17.8 Å². The molecule has 5 nitrogen and oxygen atoms in total. The first-order valence-corrected chi connectivity index (χ1v) is 10.2. The highest BCUT2D eigenvalue weighted by Crippen LogP contribution is 2.33. The van der Waals surface area contributed by atoms with Crippen LogP contribution in [0.5, 0.6) is 5.75 Å². The van der Waals surface area contributed by atoms with E-state index in [9.17, 15) is 21.6 Å². The lowest BCUT2D eigenvalue weighted by Gasteiger charge is -2.36. The number of anilines is 1. The van der Waals surface area contributed by atoms with E-state index in [1.54, 1.807) is 18.2 Å². The van der Waals surface area contributed by atoms with Crippen molar-refractivity contribution in [3.05, 3.63) is 53.1 Å². The van der Waals surface area contributed by atoms with Gasteiger partial charge < -0.3 is 9.64 Å². The lowest BCUT2D eigenvalue weighted by atomic mass is 10.2. The first kappa shape index (κ1) is 20.8. The molecule has 0 unspecified atom stereocenters. The lowest BCUT2D eigenvalue weighted by molar-refractivity contribution is -0.137. The number of hydrogen-bond donors (Lipinski definition) is 0. The number of nitrogens with zero attached hydrogens (tertiary/aromatic N) is 2. The van der Waals surface area contributed by atoms with Gasteiger partial charge in [-0.05, 0) is 36.4 Å². The van der Waals surface area contributed by atoms with Crippen LogP contribution in [0.1, 0.15) is 5.56 Å². The van der Waals surface area contributed by atoms with Crippen molar-refractivity contribution in [3.8, 4) is 5.75 Å². The molecule has 0 spiro atoms. The molecule has 0 amide bonds. The van der Waals surface area contributed by atoms with Gasteiger partial charge in [0, 0.05) is 31.2 Å². The minimum absolute atomic E-state index is 0.133. The second-order valence-electron chi connectivity index (χ2n) is 6.23. The van der Waals surface area contributed by atoms with Crippen LogP contribution >= 0.6 is 11.6 Å². The van der Waals surface area contributed by atoms with Crippen LogP contribution in [0.3, 0.4) is 0 Å². The fourth-order valence-electron chi connectivity index (χ4n) is 3.06. The zero-order chi connectivity index (χ0) is 20.5. The number of piperazine rings is 1. The second-order valence-corrected chi connectivity index (χ2v) is 8.61. The highest BCUT2D eigenvalue weighted by atomic mass is 35.5. The number of sulfonamides is 1. The second kappa shape index (κ2) is 7.81. The Morgan fingerprint density at radius 1 is 1.04 bits per heavy atom. The van der Waals surface area contributed by atoms with Crippen LogP contribution in [0.25, 0.3) is 0 Å². The maximum Gasteiger partial charge on any atom is 0.416 e. The van der Waals surface area contributed by atoms with E-state index >= 15 is 0 Å². The van der Waals surface area contributed by atoms with E-state index in [1.807, 2.05) is 4.90 Å². The molecule has 0 atom stereocenters. The van der Waals surface area contributed by atoms with Crippen LogP contribution in [0.2, 0.25) is 5.02 Å². The highest BCUT2D eigenvalue weighted by molar-refractivity contribution is 7.89. The first-order chi connectivity index (χ1) is 13.1. The molecule has 1 heterocycles. The summed E-state index contributed by atoms with van der Waals surface area (Å²) in [5, 5.41) is 0.523. The number of alkyl halides is 3. The minimum atomic E-state index is -4.60. The third-order valence-corrected chi connectivity index (χ3v) is 6.65. The van der Waals surface area contributed by atoms with E-state index in [-0.39, 0.29) is 18.0 Å². The Labute approximate surface area is 166 Å². The number of rotatable bonds is 4. The molecule has 1 aliphatic heterocycles. The summed E-state index contributed by atoms with van der Waals surface area (Å²) >= 11 is 6.05. The maximum absolute atomic E-state index is 12.9. The zero-order valence-corrected chi connectivity index (χ0v) is 16.5. The molecule has 1 saturated heterocycles. The predicted octanol–water partition coefficient (Wildman–Crippen LogP) is 3.88. The highest BCUT2D eigenvalue weighted by Gasteiger charge is 2.34. The summed E-state index contributed by atoms with van der Waals surface area (Å²) in [5.41, 5.74) is -0.248. The fourth-order valence-corrected chi connectivity index (χ4v) is 4.70. The molecule has 0 saturated carbocycles.